The topological polar surface area (TPSA) is 118 Å². The number of rotatable bonds is 11. The number of hydrogen-bond donors (Lipinski definition) is 1. The van der Waals surface area contributed by atoms with Gasteiger partial charge in [-0.25, -0.2) is 4.98 Å². The molecular formula is C26H34N4O6. The Hall–Kier alpha value is -3.69. The first kappa shape index (κ1) is 26.9. The minimum atomic E-state index is -0.454. The van der Waals surface area contributed by atoms with Gasteiger partial charge in [-0.1, -0.05) is 18.6 Å². The van der Waals surface area contributed by atoms with Crippen LogP contribution in [0, 0.1) is 0 Å². The molecular weight excluding hydrogens is 464 g/mol. The Balaban J connectivity index is 1.39. The van der Waals surface area contributed by atoms with Crippen molar-refractivity contribution in [2.45, 2.75) is 39.0 Å². The first-order valence-corrected chi connectivity index (χ1v) is 12.4. The number of fused-ring (bicyclic) bond motifs is 1. The molecule has 1 aliphatic heterocycles. The number of unbranched alkanes of at least 4 members (excludes halogenated alkanes) is 2. The predicted octanol–water partition coefficient (Wildman–Crippen LogP) is 2.16. The zero-order valence-electron chi connectivity index (χ0n) is 21.0. The van der Waals surface area contributed by atoms with E-state index in [9.17, 15) is 19.2 Å². The van der Waals surface area contributed by atoms with Crippen LogP contribution in [0.3, 0.4) is 0 Å². The molecule has 1 aromatic carbocycles. The van der Waals surface area contributed by atoms with Crippen molar-refractivity contribution in [3.63, 3.8) is 0 Å². The number of pyridine rings is 1. The Kier molecular flexibility index (Phi) is 10.0. The lowest BCUT2D eigenvalue weighted by molar-refractivity contribution is -0.143. The highest BCUT2D eigenvalue weighted by Gasteiger charge is 2.24. The van der Waals surface area contributed by atoms with E-state index in [-0.39, 0.29) is 30.0 Å². The van der Waals surface area contributed by atoms with Crippen molar-refractivity contribution in [2.24, 2.45) is 0 Å². The monoisotopic (exact) mass is 498 g/mol. The molecule has 1 fully saturated rings. The zero-order valence-corrected chi connectivity index (χ0v) is 21.0. The Morgan fingerprint density at radius 2 is 1.61 bits per heavy atom. The molecule has 0 aliphatic carbocycles. The third-order valence-corrected chi connectivity index (χ3v) is 6.09. The molecule has 10 nitrogen and oxygen atoms in total. The van der Waals surface area contributed by atoms with Crippen LogP contribution in [0.1, 0.15) is 49.5 Å². The second-order valence-corrected chi connectivity index (χ2v) is 8.54. The van der Waals surface area contributed by atoms with Gasteiger partial charge in [0.05, 0.1) is 25.8 Å². The van der Waals surface area contributed by atoms with Crippen LogP contribution in [0.4, 0.5) is 0 Å². The normalized spacial score (nSPS) is 13.4. The lowest BCUT2D eigenvalue weighted by atomic mass is 10.1. The standard InChI is InChI=1S/C26H34N4O6/c1-3-36-25(33)12-6-4-5-11-23(31)29-13-15-30(16-14-29)24(32)18-27-26(34)21-17-22(35-2)19-9-7-8-10-20(19)28-21/h7-10,17H,3-6,11-16,18H2,1-2H3,(H,27,34). The first-order valence-electron chi connectivity index (χ1n) is 12.4. The van der Waals surface area contributed by atoms with Crippen LogP contribution in [-0.2, 0) is 19.1 Å². The lowest BCUT2D eigenvalue weighted by Gasteiger charge is -2.35. The van der Waals surface area contributed by atoms with E-state index in [1.165, 1.54) is 7.11 Å². The van der Waals surface area contributed by atoms with Crippen molar-refractivity contribution >= 4 is 34.6 Å². The smallest absolute Gasteiger partial charge is 0.305 e. The molecule has 0 saturated carbocycles. The maximum absolute atomic E-state index is 12.6. The molecule has 1 aliphatic rings. The highest BCUT2D eigenvalue weighted by molar-refractivity contribution is 5.98. The molecule has 3 rings (SSSR count). The fraction of sp³-hybridized carbons (Fsp3) is 0.500. The van der Waals surface area contributed by atoms with Gasteiger partial charge >= 0.3 is 5.97 Å². The first-order chi connectivity index (χ1) is 17.4. The second kappa shape index (κ2) is 13.4. The minimum absolute atomic E-state index is 0.0582. The van der Waals surface area contributed by atoms with E-state index < -0.39 is 5.91 Å². The van der Waals surface area contributed by atoms with Crippen LogP contribution in [0.25, 0.3) is 10.9 Å². The van der Waals surface area contributed by atoms with Gasteiger partial charge in [0.2, 0.25) is 11.8 Å². The zero-order chi connectivity index (χ0) is 25.9. The van der Waals surface area contributed by atoms with E-state index >= 15 is 0 Å². The molecule has 1 aromatic heterocycles. The van der Waals surface area contributed by atoms with Gasteiger partial charge in [-0.2, -0.15) is 0 Å². The molecule has 3 amide bonds. The molecule has 10 heteroatoms. The number of esters is 1. The van der Waals surface area contributed by atoms with Crippen LogP contribution in [0.2, 0.25) is 0 Å². The number of nitrogens with one attached hydrogen (secondary N) is 1. The number of amides is 3. The number of carbonyl (C=O) groups is 4. The average Bonchev–Trinajstić information content (AvgIpc) is 2.90. The fourth-order valence-corrected chi connectivity index (χ4v) is 4.11. The third kappa shape index (κ3) is 7.40. The van der Waals surface area contributed by atoms with Crippen LogP contribution in [0.15, 0.2) is 30.3 Å². The number of piperazine rings is 1. The number of ether oxygens (including phenoxy) is 2. The van der Waals surface area contributed by atoms with Gasteiger partial charge in [-0.15, -0.1) is 0 Å². The van der Waals surface area contributed by atoms with Gasteiger partial charge in [-0.05, 0) is 31.9 Å². The van der Waals surface area contributed by atoms with Crippen LogP contribution < -0.4 is 10.1 Å². The van der Waals surface area contributed by atoms with Crippen molar-refractivity contribution in [1.82, 2.24) is 20.1 Å². The summed E-state index contributed by atoms with van der Waals surface area (Å²) in [7, 11) is 1.53. The number of carbonyl (C=O) groups excluding carboxylic acids is 4. The van der Waals surface area contributed by atoms with E-state index in [0.717, 1.165) is 18.2 Å². The molecule has 0 atom stereocenters. The van der Waals surface area contributed by atoms with E-state index in [2.05, 4.69) is 10.3 Å². The summed E-state index contributed by atoms with van der Waals surface area (Å²) in [6.07, 6.45) is 3.03. The predicted molar refractivity (Wildman–Crippen MR) is 134 cm³/mol. The summed E-state index contributed by atoms with van der Waals surface area (Å²) in [5, 5.41) is 3.44. The molecule has 0 radical (unpaired) electrons. The maximum atomic E-state index is 12.6. The maximum Gasteiger partial charge on any atom is 0.305 e. The van der Waals surface area contributed by atoms with E-state index in [1.807, 2.05) is 18.2 Å². The Morgan fingerprint density at radius 1 is 0.944 bits per heavy atom. The summed E-state index contributed by atoms with van der Waals surface area (Å²) in [5.74, 6) is -0.264. The molecule has 36 heavy (non-hydrogen) atoms. The van der Waals surface area contributed by atoms with Crippen LogP contribution >= 0.6 is 0 Å². The van der Waals surface area contributed by atoms with Crippen LogP contribution in [0.5, 0.6) is 5.75 Å². The van der Waals surface area contributed by atoms with Crippen molar-refractivity contribution in [3.8, 4) is 5.75 Å². The summed E-state index contributed by atoms with van der Waals surface area (Å²) in [4.78, 5) is 56.8. The Labute approximate surface area is 210 Å². The van der Waals surface area contributed by atoms with Gasteiger partial charge in [-0.3, -0.25) is 19.2 Å². The van der Waals surface area contributed by atoms with Gasteiger partial charge in [0.25, 0.3) is 5.91 Å². The molecule has 0 spiro atoms. The van der Waals surface area contributed by atoms with E-state index in [0.29, 0.717) is 63.3 Å². The Morgan fingerprint density at radius 3 is 2.31 bits per heavy atom. The number of aromatic nitrogens is 1. The van der Waals surface area contributed by atoms with Gasteiger partial charge in [0, 0.05) is 50.5 Å². The molecule has 2 aromatic rings. The molecule has 0 unspecified atom stereocenters. The SMILES string of the molecule is CCOC(=O)CCCCCC(=O)N1CCN(C(=O)CNC(=O)c2cc(OC)c3ccccc3n2)CC1. The quantitative estimate of drug-likeness (QED) is 0.373. The number of nitrogens with zero attached hydrogens (tertiary/aromatic N) is 3. The van der Waals surface area contributed by atoms with Crippen molar-refractivity contribution < 1.29 is 28.7 Å². The van der Waals surface area contributed by atoms with Crippen molar-refractivity contribution in [3.05, 3.63) is 36.0 Å². The fourth-order valence-electron chi connectivity index (χ4n) is 4.11. The number of benzene rings is 1. The summed E-state index contributed by atoms with van der Waals surface area (Å²) >= 11 is 0. The highest BCUT2D eigenvalue weighted by Crippen LogP contribution is 2.24. The van der Waals surface area contributed by atoms with Crippen molar-refractivity contribution in [2.75, 3.05) is 46.4 Å². The Bertz CT molecular complexity index is 1080. The molecule has 1 N–H and O–H groups in total. The van der Waals surface area contributed by atoms with Gasteiger partial charge in [0.1, 0.15) is 11.4 Å². The molecule has 1 saturated heterocycles. The molecule has 2 heterocycles. The molecule has 194 valence electrons. The lowest BCUT2D eigenvalue weighted by Crippen LogP contribution is -2.52. The average molecular weight is 499 g/mol. The highest BCUT2D eigenvalue weighted by atomic mass is 16.5. The van der Waals surface area contributed by atoms with E-state index in [1.54, 1.807) is 28.9 Å². The van der Waals surface area contributed by atoms with Crippen molar-refractivity contribution in [1.29, 1.82) is 0 Å². The van der Waals surface area contributed by atoms with Crippen LogP contribution in [-0.4, -0.2) is 84.9 Å². The summed E-state index contributed by atoms with van der Waals surface area (Å²) in [6, 6.07) is 8.92. The van der Waals surface area contributed by atoms with Gasteiger partial charge in [0.15, 0.2) is 0 Å². The number of para-hydroxylation sites is 1. The number of methoxy groups -OCH3 is 1. The number of hydrogen-bond acceptors (Lipinski definition) is 7. The largest absolute Gasteiger partial charge is 0.496 e. The molecule has 0 bridgehead atoms. The summed E-state index contributed by atoms with van der Waals surface area (Å²) < 4.78 is 10.3. The second-order valence-electron chi connectivity index (χ2n) is 8.54. The minimum Gasteiger partial charge on any atom is -0.496 e. The third-order valence-electron chi connectivity index (χ3n) is 6.09. The van der Waals surface area contributed by atoms with E-state index in [4.69, 9.17) is 9.47 Å². The summed E-state index contributed by atoms with van der Waals surface area (Å²) in [6.45, 7) is 3.78. The van der Waals surface area contributed by atoms with Gasteiger partial charge < -0.3 is 24.6 Å². The summed E-state index contributed by atoms with van der Waals surface area (Å²) in [5.41, 5.74) is 0.809.